The maximum Gasteiger partial charge on any atom is 0.407 e. The second-order valence-electron chi connectivity index (χ2n) is 9.17. The van der Waals surface area contributed by atoms with Crippen LogP contribution < -0.4 is 9.47 Å². The first-order valence-electron chi connectivity index (χ1n) is 12.2. The fourth-order valence-electron chi connectivity index (χ4n) is 5.27. The molecule has 35 heavy (non-hydrogen) atoms. The number of nitrogens with zero attached hydrogens (tertiary/aromatic N) is 3. The summed E-state index contributed by atoms with van der Waals surface area (Å²) in [5.74, 6) is 1.17. The quantitative estimate of drug-likeness (QED) is 0.442. The van der Waals surface area contributed by atoms with Crippen molar-refractivity contribution in [3.05, 3.63) is 59.2 Å². The van der Waals surface area contributed by atoms with Gasteiger partial charge < -0.3 is 24.4 Å². The van der Waals surface area contributed by atoms with Gasteiger partial charge in [0, 0.05) is 12.6 Å². The van der Waals surface area contributed by atoms with E-state index < -0.39 is 6.09 Å². The van der Waals surface area contributed by atoms with E-state index in [1.165, 1.54) is 19.3 Å². The van der Waals surface area contributed by atoms with Gasteiger partial charge in [0.2, 0.25) is 0 Å². The van der Waals surface area contributed by atoms with E-state index >= 15 is 0 Å². The summed E-state index contributed by atoms with van der Waals surface area (Å²) in [7, 11) is 3.14. The van der Waals surface area contributed by atoms with E-state index in [2.05, 4.69) is 11.0 Å². The number of methoxy groups -OCH3 is 2. The summed E-state index contributed by atoms with van der Waals surface area (Å²) < 4.78 is 10.7. The second-order valence-corrected chi connectivity index (χ2v) is 9.17. The van der Waals surface area contributed by atoms with Gasteiger partial charge in [0.05, 0.1) is 31.9 Å². The van der Waals surface area contributed by atoms with E-state index in [1.807, 2.05) is 36.4 Å². The predicted octanol–water partition coefficient (Wildman–Crippen LogP) is 5.44. The fourth-order valence-corrected chi connectivity index (χ4v) is 5.27. The molecule has 2 heterocycles. The van der Waals surface area contributed by atoms with Crippen molar-refractivity contribution in [1.82, 2.24) is 9.80 Å². The van der Waals surface area contributed by atoms with Crippen LogP contribution >= 0.6 is 0 Å². The van der Waals surface area contributed by atoms with Crippen LogP contribution in [0.3, 0.4) is 0 Å². The Morgan fingerprint density at radius 3 is 2.37 bits per heavy atom. The highest BCUT2D eigenvalue weighted by Gasteiger charge is 2.35. The largest absolute Gasteiger partial charge is 0.493 e. The summed E-state index contributed by atoms with van der Waals surface area (Å²) in [5.41, 5.74) is 3.12. The van der Waals surface area contributed by atoms with E-state index in [-0.39, 0.29) is 6.04 Å². The molecule has 2 aromatic rings. The third kappa shape index (κ3) is 5.60. The van der Waals surface area contributed by atoms with Gasteiger partial charge in [-0.2, -0.15) is 5.26 Å². The van der Waals surface area contributed by atoms with Crippen LogP contribution in [0.5, 0.6) is 11.5 Å². The van der Waals surface area contributed by atoms with Crippen molar-refractivity contribution in [1.29, 1.82) is 5.26 Å². The van der Waals surface area contributed by atoms with Crippen molar-refractivity contribution in [2.45, 2.75) is 44.2 Å². The summed E-state index contributed by atoms with van der Waals surface area (Å²) in [5, 5.41) is 19.6. The molecular weight excluding hydrogens is 442 g/mol. The number of allylic oxidation sites excluding steroid dienone is 1. The molecule has 0 spiro atoms. The Morgan fingerprint density at radius 2 is 1.74 bits per heavy atom. The number of piperidine rings is 2. The van der Waals surface area contributed by atoms with Gasteiger partial charge in [-0.15, -0.1) is 0 Å². The summed E-state index contributed by atoms with van der Waals surface area (Å²) in [6, 6.07) is 15.8. The molecular formula is C28H33N3O4. The fraction of sp³-hybridized carbons (Fsp3) is 0.429. The average Bonchev–Trinajstić information content (AvgIpc) is 2.91. The molecule has 1 amide bonds. The molecule has 2 aliphatic heterocycles. The van der Waals surface area contributed by atoms with Crippen LogP contribution in [-0.4, -0.2) is 60.9 Å². The number of benzene rings is 2. The average molecular weight is 476 g/mol. The summed E-state index contributed by atoms with van der Waals surface area (Å²) >= 11 is 0. The van der Waals surface area contributed by atoms with E-state index in [0.29, 0.717) is 29.7 Å². The normalized spacial score (nSPS) is 21.3. The molecule has 2 saturated heterocycles. The Labute approximate surface area is 207 Å². The minimum Gasteiger partial charge on any atom is -0.493 e. The number of hydrogen-bond donors (Lipinski definition) is 1. The minimum absolute atomic E-state index is 0.160. The van der Waals surface area contributed by atoms with Crippen molar-refractivity contribution in [3.8, 4) is 17.6 Å². The number of nitriles is 1. The van der Waals surface area contributed by atoms with Crippen molar-refractivity contribution >= 4 is 17.7 Å². The van der Waals surface area contributed by atoms with Gasteiger partial charge in [0.1, 0.15) is 0 Å². The molecule has 2 atom stereocenters. The van der Waals surface area contributed by atoms with Gasteiger partial charge in [-0.1, -0.05) is 30.7 Å². The van der Waals surface area contributed by atoms with Crippen molar-refractivity contribution in [2.75, 3.05) is 33.9 Å². The van der Waals surface area contributed by atoms with Crippen LogP contribution in [-0.2, 0) is 0 Å². The maximum absolute atomic E-state index is 12.0. The zero-order valence-electron chi connectivity index (χ0n) is 20.4. The first-order valence-corrected chi connectivity index (χ1v) is 12.2. The van der Waals surface area contributed by atoms with Crippen LogP contribution in [0.4, 0.5) is 4.79 Å². The third-order valence-corrected chi connectivity index (χ3v) is 7.17. The Balaban J connectivity index is 1.55. The maximum atomic E-state index is 12.0. The lowest BCUT2D eigenvalue weighted by molar-refractivity contribution is 0.0533. The van der Waals surface area contributed by atoms with E-state index in [0.717, 1.165) is 42.6 Å². The molecule has 2 fully saturated rings. The molecule has 7 heteroatoms. The molecule has 1 N–H and O–H groups in total. The summed E-state index contributed by atoms with van der Waals surface area (Å²) in [6.07, 6.45) is 6.42. The number of hydrogen-bond acceptors (Lipinski definition) is 5. The number of likely N-dealkylation sites (tertiary alicyclic amines) is 2. The van der Waals surface area contributed by atoms with E-state index in [4.69, 9.17) is 9.47 Å². The van der Waals surface area contributed by atoms with Crippen molar-refractivity contribution < 1.29 is 19.4 Å². The second kappa shape index (κ2) is 11.3. The minimum atomic E-state index is -0.865. The molecule has 2 aromatic carbocycles. The SMILES string of the molecule is COc1ccc(C(C#N)=Cc2ccc(C3CC(N4CCCCC4)CCN3C(=O)O)cc2)cc1OC. The summed E-state index contributed by atoms with van der Waals surface area (Å²) in [4.78, 5) is 16.1. The molecule has 184 valence electrons. The monoisotopic (exact) mass is 475 g/mol. The van der Waals surface area contributed by atoms with Gasteiger partial charge in [0.25, 0.3) is 0 Å². The molecule has 2 unspecified atom stereocenters. The number of carbonyl (C=O) groups is 1. The van der Waals surface area contributed by atoms with Gasteiger partial charge in [-0.3, -0.25) is 0 Å². The zero-order valence-corrected chi connectivity index (χ0v) is 20.4. The Bertz CT molecular complexity index is 1100. The molecule has 0 radical (unpaired) electrons. The lowest BCUT2D eigenvalue weighted by Gasteiger charge is -2.43. The van der Waals surface area contributed by atoms with E-state index in [9.17, 15) is 15.2 Å². The van der Waals surface area contributed by atoms with Crippen LogP contribution in [0.2, 0.25) is 0 Å². The molecule has 0 aliphatic carbocycles. The highest BCUT2D eigenvalue weighted by atomic mass is 16.5. The number of carboxylic acid groups (broad SMARTS) is 1. The molecule has 2 aliphatic rings. The third-order valence-electron chi connectivity index (χ3n) is 7.17. The van der Waals surface area contributed by atoms with Gasteiger partial charge >= 0.3 is 6.09 Å². The van der Waals surface area contributed by atoms with Crippen molar-refractivity contribution in [2.24, 2.45) is 0 Å². The van der Waals surface area contributed by atoms with Crippen LogP contribution in [0, 0.1) is 11.3 Å². The lowest BCUT2D eigenvalue weighted by atomic mass is 9.89. The van der Waals surface area contributed by atoms with Gasteiger partial charge in [0.15, 0.2) is 11.5 Å². The first kappa shape index (κ1) is 24.6. The highest BCUT2D eigenvalue weighted by molar-refractivity contribution is 5.90. The van der Waals surface area contributed by atoms with E-state index in [1.54, 1.807) is 31.3 Å². The smallest absolute Gasteiger partial charge is 0.407 e. The number of ether oxygens (including phenoxy) is 2. The van der Waals surface area contributed by atoms with Crippen LogP contribution in [0.1, 0.15) is 54.8 Å². The Morgan fingerprint density at radius 1 is 1.03 bits per heavy atom. The number of rotatable bonds is 6. The van der Waals surface area contributed by atoms with Gasteiger partial charge in [-0.05, 0) is 79.7 Å². The molecule has 0 bridgehead atoms. The summed E-state index contributed by atoms with van der Waals surface area (Å²) in [6.45, 7) is 2.78. The molecule has 0 aromatic heterocycles. The Hall–Kier alpha value is -3.50. The Kier molecular flexibility index (Phi) is 7.94. The zero-order chi connectivity index (χ0) is 24.8. The molecule has 7 nitrogen and oxygen atoms in total. The predicted molar refractivity (Wildman–Crippen MR) is 135 cm³/mol. The van der Waals surface area contributed by atoms with Crippen LogP contribution in [0.15, 0.2) is 42.5 Å². The topological polar surface area (TPSA) is 86.0 Å². The van der Waals surface area contributed by atoms with Crippen LogP contribution in [0.25, 0.3) is 11.6 Å². The van der Waals surface area contributed by atoms with Crippen molar-refractivity contribution in [3.63, 3.8) is 0 Å². The number of amides is 1. The molecule has 0 saturated carbocycles. The first-order chi connectivity index (χ1) is 17.0. The molecule has 4 rings (SSSR count). The lowest BCUT2D eigenvalue weighted by Crippen LogP contribution is -2.49. The highest BCUT2D eigenvalue weighted by Crippen LogP contribution is 2.35. The standard InChI is InChI=1S/C28H33N3O4/c1-34-26-11-10-22(17-27(26)35-2)23(19-29)16-20-6-8-21(9-7-20)25-18-24(12-15-31(25)28(32)33)30-13-4-3-5-14-30/h6-11,16-17,24-25H,3-5,12-15,18H2,1-2H3,(H,32,33). The van der Waals surface area contributed by atoms with Gasteiger partial charge in [-0.25, -0.2) is 4.79 Å².